The minimum atomic E-state index is -0.112. The first-order chi connectivity index (χ1) is 5.97. The number of hydrogen-bond donors (Lipinski definition) is 1. The first kappa shape index (κ1) is 11.0. The van der Waals surface area contributed by atoms with Crippen LogP contribution in [0.15, 0.2) is 0 Å². The van der Waals surface area contributed by atoms with Crippen molar-refractivity contribution in [2.75, 3.05) is 19.6 Å². The van der Waals surface area contributed by atoms with E-state index in [9.17, 15) is 5.11 Å². The molecule has 1 saturated heterocycles. The lowest BCUT2D eigenvalue weighted by molar-refractivity contribution is 0.0663. The van der Waals surface area contributed by atoms with Gasteiger partial charge in [0.05, 0.1) is 6.10 Å². The summed E-state index contributed by atoms with van der Waals surface area (Å²) in [5, 5.41) is 9.71. The maximum Gasteiger partial charge on any atom is 0.0667 e. The Hall–Kier alpha value is -0.0800. The fourth-order valence-corrected chi connectivity index (χ4v) is 1.55. The van der Waals surface area contributed by atoms with Crippen molar-refractivity contribution in [2.45, 2.75) is 46.1 Å². The summed E-state index contributed by atoms with van der Waals surface area (Å²) in [6.45, 7) is 9.94. The zero-order chi connectivity index (χ0) is 9.90. The summed E-state index contributed by atoms with van der Waals surface area (Å²) in [4.78, 5) is 2.33. The van der Waals surface area contributed by atoms with Crippen LogP contribution in [0.4, 0.5) is 0 Å². The standard InChI is InChI=1S/C11H23NO/c1-11(2,3)6-5-10(13)9-12-7-4-8-12/h10,13H,4-9H2,1-3H3. The molecule has 1 rings (SSSR count). The predicted molar refractivity (Wildman–Crippen MR) is 55.8 cm³/mol. The smallest absolute Gasteiger partial charge is 0.0667 e. The molecule has 0 amide bonds. The Labute approximate surface area is 81.9 Å². The van der Waals surface area contributed by atoms with Gasteiger partial charge in [0.25, 0.3) is 0 Å². The molecule has 1 fully saturated rings. The van der Waals surface area contributed by atoms with Crippen LogP contribution in [0, 0.1) is 5.41 Å². The van der Waals surface area contributed by atoms with Crippen LogP contribution in [0.3, 0.4) is 0 Å². The number of aliphatic hydroxyl groups excluding tert-OH is 1. The zero-order valence-corrected chi connectivity index (χ0v) is 9.21. The van der Waals surface area contributed by atoms with Crippen molar-refractivity contribution in [3.63, 3.8) is 0 Å². The van der Waals surface area contributed by atoms with Crippen LogP contribution in [0.1, 0.15) is 40.0 Å². The van der Waals surface area contributed by atoms with Crippen molar-refractivity contribution in [1.29, 1.82) is 0 Å². The molecule has 1 aliphatic rings. The van der Waals surface area contributed by atoms with Gasteiger partial charge in [0.15, 0.2) is 0 Å². The van der Waals surface area contributed by atoms with Gasteiger partial charge in [-0.15, -0.1) is 0 Å². The quantitative estimate of drug-likeness (QED) is 0.723. The van der Waals surface area contributed by atoms with Gasteiger partial charge >= 0.3 is 0 Å². The van der Waals surface area contributed by atoms with Crippen LogP contribution in [0.2, 0.25) is 0 Å². The van der Waals surface area contributed by atoms with E-state index in [0.717, 1.165) is 19.4 Å². The number of hydrogen-bond acceptors (Lipinski definition) is 2. The second-order valence-electron chi connectivity index (χ2n) is 5.41. The molecule has 2 heteroatoms. The van der Waals surface area contributed by atoms with E-state index < -0.39 is 0 Å². The Bertz CT molecular complexity index is 147. The van der Waals surface area contributed by atoms with E-state index in [2.05, 4.69) is 25.7 Å². The van der Waals surface area contributed by atoms with Crippen LogP contribution in [0.5, 0.6) is 0 Å². The summed E-state index contributed by atoms with van der Waals surface area (Å²) in [5.74, 6) is 0. The van der Waals surface area contributed by atoms with Gasteiger partial charge in [0.1, 0.15) is 0 Å². The molecule has 0 aromatic heterocycles. The van der Waals surface area contributed by atoms with Crippen molar-refractivity contribution in [2.24, 2.45) is 5.41 Å². The first-order valence-electron chi connectivity index (χ1n) is 5.38. The molecule has 13 heavy (non-hydrogen) atoms. The summed E-state index contributed by atoms with van der Waals surface area (Å²) < 4.78 is 0. The largest absolute Gasteiger partial charge is 0.392 e. The number of aliphatic hydroxyl groups is 1. The summed E-state index contributed by atoms with van der Waals surface area (Å²) in [6.07, 6.45) is 3.26. The lowest BCUT2D eigenvalue weighted by Gasteiger charge is -2.33. The zero-order valence-electron chi connectivity index (χ0n) is 9.21. The molecule has 1 unspecified atom stereocenters. The molecule has 1 aliphatic heterocycles. The van der Waals surface area contributed by atoms with Gasteiger partial charge in [-0.25, -0.2) is 0 Å². The molecular weight excluding hydrogens is 162 g/mol. The number of nitrogens with zero attached hydrogens (tertiary/aromatic N) is 1. The maximum absolute atomic E-state index is 9.71. The molecule has 0 bridgehead atoms. The molecule has 0 aromatic carbocycles. The highest BCUT2D eigenvalue weighted by Gasteiger charge is 2.19. The van der Waals surface area contributed by atoms with E-state index in [4.69, 9.17) is 0 Å². The summed E-state index contributed by atoms with van der Waals surface area (Å²) in [6, 6.07) is 0. The van der Waals surface area contributed by atoms with E-state index in [0.29, 0.717) is 5.41 Å². The van der Waals surface area contributed by atoms with Crippen molar-refractivity contribution in [3.8, 4) is 0 Å². The third-order valence-corrected chi connectivity index (χ3v) is 2.65. The highest BCUT2D eigenvalue weighted by molar-refractivity contribution is 4.73. The molecule has 0 saturated carbocycles. The van der Waals surface area contributed by atoms with Gasteiger partial charge in [-0.05, 0) is 37.8 Å². The normalized spacial score (nSPS) is 21.2. The van der Waals surface area contributed by atoms with Crippen molar-refractivity contribution in [1.82, 2.24) is 4.90 Å². The second-order valence-corrected chi connectivity index (χ2v) is 5.41. The third-order valence-electron chi connectivity index (χ3n) is 2.65. The molecule has 1 heterocycles. The molecule has 0 radical (unpaired) electrons. The highest BCUT2D eigenvalue weighted by atomic mass is 16.3. The first-order valence-corrected chi connectivity index (χ1v) is 5.38. The number of likely N-dealkylation sites (tertiary alicyclic amines) is 1. The number of β-amino-alcohol motifs (C(OH)–C–C–N with tert-alkyl or cyclic N) is 1. The molecule has 0 aliphatic carbocycles. The molecule has 78 valence electrons. The molecule has 0 spiro atoms. The van der Waals surface area contributed by atoms with Gasteiger partial charge in [-0.3, -0.25) is 0 Å². The van der Waals surface area contributed by atoms with Crippen molar-refractivity contribution < 1.29 is 5.11 Å². The minimum Gasteiger partial charge on any atom is -0.392 e. The lowest BCUT2D eigenvalue weighted by atomic mass is 9.89. The Balaban J connectivity index is 2.06. The number of rotatable bonds is 4. The van der Waals surface area contributed by atoms with Crippen LogP contribution < -0.4 is 0 Å². The van der Waals surface area contributed by atoms with Gasteiger partial charge in [0.2, 0.25) is 0 Å². The van der Waals surface area contributed by atoms with E-state index >= 15 is 0 Å². The molecule has 1 atom stereocenters. The molecule has 0 aromatic rings. The lowest BCUT2D eigenvalue weighted by Crippen LogP contribution is -2.42. The van der Waals surface area contributed by atoms with Crippen LogP contribution in [0.25, 0.3) is 0 Å². The Morgan fingerprint density at radius 3 is 2.31 bits per heavy atom. The van der Waals surface area contributed by atoms with Gasteiger partial charge in [-0.2, -0.15) is 0 Å². The monoisotopic (exact) mass is 185 g/mol. The molecule has 1 N–H and O–H groups in total. The van der Waals surface area contributed by atoms with E-state index in [1.807, 2.05) is 0 Å². The predicted octanol–water partition coefficient (Wildman–Crippen LogP) is 1.88. The maximum atomic E-state index is 9.71. The van der Waals surface area contributed by atoms with Crippen LogP contribution in [-0.2, 0) is 0 Å². The van der Waals surface area contributed by atoms with Crippen LogP contribution >= 0.6 is 0 Å². The minimum absolute atomic E-state index is 0.112. The third kappa shape index (κ3) is 4.63. The Kier molecular flexibility index (Phi) is 3.74. The van der Waals surface area contributed by atoms with Crippen molar-refractivity contribution >= 4 is 0 Å². The molecular formula is C11H23NO. The van der Waals surface area contributed by atoms with Gasteiger partial charge in [0, 0.05) is 6.54 Å². The average Bonchev–Trinajstić information content (AvgIpc) is 1.91. The topological polar surface area (TPSA) is 23.5 Å². The van der Waals surface area contributed by atoms with Crippen LogP contribution in [-0.4, -0.2) is 35.7 Å². The summed E-state index contributed by atoms with van der Waals surface area (Å²) in [7, 11) is 0. The Morgan fingerprint density at radius 2 is 1.92 bits per heavy atom. The molecule has 2 nitrogen and oxygen atoms in total. The fourth-order valence-electron chi connectivity index (χ4n) is 1.55. The van der Waals surface area contributed by atoms with Gasteiger partial charge in [-0.1, -0.05) is 20.8 Å². The summed E-state index contributed by atoms with van der Waals surface area (Å²) >= 11 is 0. The SMILES string of the molecule is CC(C)(C)CCC(O)CN1CCC1. The Morgan fingerprint density at radius 1 is 1.31 bits per heavy atom. The van der Waals surface area contributed by atoms with Gasteiger partial charge < -0.3 is 10.0 Å². The van der Waals surface area contributed by atoms with E-state index in [1.165, 1.54) is 19.5 Å². The van der Waals surface area contributed by atoms with E-state index in [-0.39, 0.29) is 6.10 Å². The summed E-state index contributed by atoms with van der Waals surface area (Å²) in [5.41, 5.74) is 0.357. The van der Waals surface area contributed by atoms with Crippen molar-refractivity contribution in [3.05, 3.63) is 0 Å². The highest BCUT2D eigenvalue weighted by Crippen LogP contribution is 2.22. The second kappa shape index (κ2) is 4.43. The average molecular weight is 185 g/mol. The van der Waals surface area contributed by atoms with E-state index in [1.54, 1.807) is 0 Å². The fraction of sp³-hybridized carbons (Fsp3) is 1.00.